The topological polar surface area (TPSA) is 115 Å². The standard InChI is InChI=1S/C26H28F2N4O6/c1-16-4-5-19(30-25(34)21(29-3)15-22-17(2)37-26(27,28)38-22)14-20(16)18-12-23(32-6-9-35-10-7-32)31-24(13-18)36-11-8-33/h4-5,12-15,33H,3,6-11H2,1-2H3,(H,30,34)/b21-15-. The van der Waals surface area contributed by atoms with Crippen LogP contribution in [0.4, 0.5) is 20.3 Å². The van der Waals surface area contributed by atoms with Crippen molar-refractivity contribution in [1.29, 1.82) is 0 Å². The molecule has 1 aromatic carbocycles. The number of aryl methyl sites for hydroxylation is 1. The molecule has 3 heterocycles. The number of rotatable bonds is 9. The molecule has 0 aliphatic carbocycles. The van der Waals surface area contributed by atoms with Crippen LogP contribution in [0, 0.1) is 6.92 Å². The number of allylic oxidation sites excluding steroid dienone is 2. The molecule has 2 aromatic rings. The highest BCUT2D eigenvalue weighted by atomic mass is 19.3. The zero-order valence-corrected chi connectivity index (χ0v) is 21.0. The number of hydrogen-bond donors (Lipinski definition) is 2. The van der Waals surface area contributed by atoms with Crippen LogP contribution in [-0.4, -0.2) is 68.5 Å². The average Bonchev–Trinajstić information content (AvgIpc) is 3.17. The number of halogens is 2. The summed E-state index contributed by atoms with van der Waals surface area (Å²) < 4.78 is 46.5. The van der Waals surface area contributed by atoms with Crippen LogP contribution in [0.5, 0.6) is 5.88 Å². The number of ether oxygens (including phenoxy) is 4. The van der Waals surface area contributed by atoms with E-state index in [0.717, 1.165) is 22.8 Å². The van der Waals surface area contributed by atoms with Gasteiger partial charge in [0.25, 0.3) is 5.91 Å². The second-order valence-corrected chi connectivity index (χ2v) is 8.48. The monoisotopic (exact) mass is 530 g/mol. The Bertz CT molecular complexity index is 1270. The zero-order valence-electron chi connectivity index (χ0n) is 21.0. The minimum atomic E-state index is -3.81. The first-order chi connectivity index (χ1) is 18.2. The van der Waals surface area contributed by atoms with Crippen molar-refractivity contribution in [3.63, 3.8) is 0 Å². The molecule has 38 heavy (non-hydrogen) atoms. The summed E-state index contributed by atoms with van der Waals surface area (Å²) in [7, 11) is 0. The smallest absolute Gasteiger partial charge is 0.475 e. The molecule has 0 bridgehead atoms. The molecule has 2 aliphatic rings. The van der Waals surface area contributed by atoms with Crippen molar-refractivity contribution in [2.75, 3.05) is 49.7 Å². The number of carbonyl (C=O) groups is 1. The number of anilines is 2. The summed E-state index contributed by atoms with van der Waals surface area (Å²) in [5.74, 6) is -0.126. The second kappa shape index (κ2) is 11.6. The van der Waals surface area contributed by atoms with Gasteiger partial charge < -0.3 is 34.3 Å². The minimum Gasteiger partial charge on any atom is -0.475 e. The Morgan fingerprint density at radius 2 is 2.03 bits per heavy atom. The summed E-state index contributed by atoms with van der Waals surface area (Å²) in [5.41, 5.74) is 2.72. The maximum absolute atomic E-state index is 13.3. The first kappa shape index (κ1) is 27.0. The first-order valence-corrected chi connectivity index (χ1v) is 11.8. The molecular weight excluding hydrogens is 502 g/mol. The Labute approximate surface area is 218 Å². The van der Waals surface area contributed by atoms with Crippen LogP contribution in [0.15, 0.2) is 58.6 Å². The third kappa shape index (κ3) is 6.45. The molecule has 1 fully saturated rings. The molecule has 0 spiro atoms. The number of pyridine rings is 1. The van der Waals surface area contributed by atoms with Crippen LogP contribution in [0.2, 0.25) is 0 Å². The quantitative estimate of drug-likeness (QED) is 0.373. The van der Waals surface area contributed by atoms with Crippen molar-refractivity contribution in [1.82, 2.24) is 4.98 Å². The van der Waals surface area contributed by atoms with Gasteiger partial charge in [0.1, 0.15) is 23.9 Å². The van der Waals surface area contributed by atoms with Crippen LogP contribution in [0.25, 0.3) is 11.1 Å². The second-order valence-electron chi connectivity index (χ2n) is 8.48. The van der Waals surface area contributed by atoms with E-state index in [-0.39, 0.29) is 30.4 Å². The van der Waals surface area contributed by atoms with Crippen molar-refractivity contribution in [3.8, 4) is 17.0 Å². The van der Waals surface area contributed by atoms with Crippen molar-refractivity contribution in [2.45, 2.75) is 20.1 Å². The van der Waals surface area contributed by atoms with Gasteiger partial charge in [0, 0.05) is 30.9 Å². The van der Waals surface area contributed by atoms with Gasteiger partial charge in [0.2, 0.25) is 5.88 Å². The van der Waals surface area contributed by atoms with Crippen LogP contribution in [-0.2, 0) is 19.0 Å². The zero-order chi connectivity index (χ0) is 27.3. The lowest BCUT2D eigenvalue weighted by molar-refractivity contribution is -0.336. The normalized spacial score (nSPS) is 17.1. The number of nitrogens with zero attached hydrogens (tertiary/aromatic N) is 3. The third-order valence-electron chi connectivity index (χ3n) is 5.79. The number of amides is 1. The van der Waals surface area contributed by atoms with Gasteiger partial charge >= 0.3 is 6.29 Å². The molecule has 0 atom stereocenters. The van der Waals surface area contributed by atoms with Crippen molar-refractivity contribution < 1.29 is 37.6 Å². The van der Waals surface area contributed by atoms with E-state index in [4.69, 9.17) is 9.47 Å². The van der Waals surface area contributed by atoms with E-state index in [0.29, 0.717) is 43.7 Å². The summed E-state index contributed by atoms with van der Waals surface area (Å²) in [4.78, 5) is 23.2. The summed E-state index contributed by atoms with van der Waals surface area (Å²) in [6, 6.07) is 9.00. The Morgan fingerprint density at radius 1 is 1.26 bits per heavy atom. The SMILES string of the molecule is C=N/C(=C\C1=C(C)OC(F)(F)O1)C(=O)Nc1ccc(C)c(-c2cc(OCCO)nc(N3CCOCC3)c2)c1. The number of aliphatic hydroxyl groups excluding tert-OH is 1. The molecule has 4 rings (SSSR count). The number of benzene rings is 1. The van der Waals surface area contributed by atoms with Gasteiger partial charge in [-0.15, -0.1) is 8.78 Å². The predicted octanol–water partition coefficient (Wildman–Crippen LogP) is 3.62. The van der Waals surface area contributed by atoms with E-state index >= 15 is 0 Å². The molecule has 1 aromatic heterocycles. The van der Waals surface area contributed by atoms with Crippen LogP contribution >= 0.6 is 0 Å². The molecule has 0 radical (unpaired) electrons. The fourth-order valence-electron chi connectivity index (χ4n) is 3.92. The molecule has 0 unspecified atom stereocenters. The van der Waals surface area contributed by atoms with E-state index in [1.165, 1.54) is 6.92 Å². The number of nitrogens with one attached hydrogen (secondary N) is 1. The Kier molecular flexibility index (Phi) is 8.23. The van der Waals surface area contributed by atoms with Gasteiger partial charge in [-0.25, -0.2) is 0 Å². The molecule has 1 amide bonds. The summed E-state index contributed by atoms with van der Waals surface area (Å²) in [6.45, 7) is 9.01. The summed E-state index contributed by atoms with van der Waals surface area (Å²) >= 11 is 0. The highest BCUT2D eigenvalue weighted by molar-refractivity contribution is 6.04. The van der Waals surface area contributed by atoms with Crippen LogP contribution < -0.4 is 15.0 Å². The van der Waals surface area contributed by atoms with Crippen molar-refractivity contribution in [3.05, 3.63) is 59.2 Å². The third-order valence-corrected chi connectivity index (χ3v) is 5.79. The molecule has 202 valence electrons. The van der Waals surface area contributed by atoms with Gasteiger partial charge in [-0.05, 0) is 55.5 Å². The first-order valence-electron chi connectivity index (χ1n) is 11.8. The lowest BCUT2D eigenvalue weighted by atomic mass is 10.00. The lowest BCUT2D eigenvalue weighted by Gasteiger charge is -2.28. The van der Waals surface area contributed by atoms with Gasteiger partial charge in [-0.1, -0.05) is 6.07 Å². The van der Waals surface area contributed by atoms with E-state index in [1.807, 2.05) is 19.1 Å². The molecule has 0 saturated carbocycles. The number of aromatic nitrogens is 1. The maximum Gasteiger partial charge on any atom is 0.585 e. The minimum absolute atomic E-state index is 0.0916. The summed E-state index contributed by atoms with van der Waals surface area (Å²) in [5, 5.41) is 11.9. The number of aliphatic hydroxyl groups is 1. The average molecular weight is 531 g/mol. The number of hydrogen-bond acceptors (Lipinski definition) is 9. The molecule has 10 nitrogen and oxygen atoms in total. The van der Waals surface area contributed by atoms with Gasteiger partial charge in [-0.3, -0.25) is 9.79 Å². The number of morpholine rings is 1. The predicted molar refractivity (Wildman–Crippen MR) is 136 cm³/mol. The molecule has 2 N–H and O–H groups in total. The van der Waals surface area contributed by atoms with E-state index in [9.17, 15) is 18.7 Å². The van der Waals surface area contributed by atoms with Crippen molar-refractivity contribution >= 4 is 24.1 Å². The Balaban J connectivity index is 1.62. The van der Waals surface area contributed by atoms with Crippen LogP contribution in [0.3, 0.4) is 0 Å². The molecule has 1 saturated heterocycles. The Hall–Kier alpha value is -4.03. The van der Waals surface area contributed by atoms with Gasteiger partial charge in [0.05, 0.1) is 19.8 Å². The molecule has 2 aliphatic heterocycles. The number of aliphatic imine (C=N–C) groups is 1. The maximum atomic E-state index is 13.3. The van der Waals surface area contributed by atoms with E-state index in [2.05, 4.69) is 36.4 Å². The summed E-state index contributed by atoms with van der Waals surface area (Å²) in [6.07, 6.45) is -2.77. The highest BCUT2D eigenvalue weighted by Gasteiger charge is 2.43. The van der Waals surface area contributed by atoms with Gasteiger partial charge in [0.15, 0.2) is 5.76 Å². The largest absolute Gasteiger partial charge is 0.585 e. The fraction of sp³-hybridized carbons (Fsp3) is 0.346. The lowest BCUT2D eigenvalue weighted by Crippen LogP contribution is -2.36. The molecular formula is C26H28F2N4O6. The van der Waals surface area contributed by atoms with E-state index in [1.54, 1.807) is 18.2 Å². The number of alkyl halides is 2. The molecule has 12 heteroatoms. The fourth-order valence-corrected chi connectivity index (χ4v) is 3.92. The van der Waals surface area contributed by atoms with Crippen LogP contribution in [0.1, 0.15) is 12.5 Å². The highest BCUT2D eigenvalue weighted by Crippen LogP contribution is 2.35. The van der Waals surface area contributed by atoms with Crippen molar-refractivity contribution in [2.24, 2.45) is 4.99 Å². The van der Waals surface area contributed by atoms with Gasteiger partial charge in [-0.2, -0.15) is 4.98 Å². The Morgan fingerprint density at radius 3 is 2.68 bits per heavy atom. The number of carbonyl (C=O) groups excluding carboxylic acids is 1. The van der Waals surface area contributed by atoms with E-state index < -0.39 is 12.2 Å².